The number of fused-ring (bicyclic) bond motifs is 1. The van der Waals surface area contributed by atoms with Crippen LogP contribution in [0.15, 0.2) is 28.9 Å². The molecule has 0 aliphatic carbocycles. The van der Waals surface area contributed by atoms with Crippen LogP contribution in [0.4, 0.5) is 0 Å². The number of nitrogens with zero attached hydrogens (tertiary/aromatic N) is 1. The Hall–Kier alpha value is -0.800. The molecule has 2 heterocycles. The van der Waals surface area contributed by atoms with Crippen LogP contribution >= 0.6 is 15.9 Å². The van der Waals surface area contributed by atoms with Crippen LogP contribution in [0, 0.1) is 6.92 Å². The number of halogens is 1. The Morgan fingerprint density at radius 2 is 2.12 bits per heavy atom. The summed E-state index contributed by atoms with van der Waals surface area (Å²) in [5.74, 6) is 0. The number of nitrogens with one attached hydrogen (secondary N) is 1. The predicted molar refractivity (Wildman–Crippen MR) is 71.8 cm³/mol. The van der Waals surface area contributed by atoms with Crippen molar-refractivity contribution >= 4 is 21.4 Å². The normalized spacial score (nSPS) is 11.6. The van der Waals surface area contributed by atoms with E-state index in [0.717, 1.165) is 6.54 Å². The van der Waals surface area contributed by atoms with Crippen LogP contribution < -0.4 is 5.32 Å². The average Bonchev–Trinajstić information content (AvgIpc) is 2.50. The molecule has 2 rings (SSSR count). The maximum absolute atomic E-state index is 3.66. The van der Waals surface area contributed by atoms with Crippen LogP contribution in [-0.4, -0.2) is 10.4 Å². The van der Waals surface area contributed by atoms with Crippen LogP contribution in [0.3, 0.4) is 0 Å². The van der Waals surface area contributed by atoms with E-state index in [1.807, 2.05) is 0 Å². The monoisotopic (exact) mass is 280 g/mol. The molecule has 2 aromatic rings. The summed E-state index contributed by atoms with van der Waals surface area (Å²) in [5, 5.41) is 3.47. The van der Waals surface area contributed by atoms with Crippen molar-refractivity contribution in [2.45, 2.75) is 33.4 Å². The summed E-state index contributed by atoms with van der Waals surface area (Å²) >= 11 is 3.66. The molecule has 16 heavy (non-hydrogen) atoms. The van der Waals surface area contributed by atoms with Gasteiger partial charge in [-0.05, 0) is 40.5 Å². The number of pyridine rings is 1. The topological polar surface area (TPSA) is 16.4 Å². The number of aromatic nitrogens is 1. The Bertz CT molecular complexity index is 500. The van der Waals surface area contributed by atoms with Crippen LogP contribution in [0.2, 0.25) is 0 Å². The van der Waals surface area contributed by atoms with Gasteiger partial charge in [-0.1, -0.05) is 19.9 Å². The molecule has 0 aromatic carbocycles. The Morgan fingerprint density at radius 1 is 1.38 bits per heavy atom. The summed E-state index contributed by atoms with van der Waals surface area (Å²) in [6.45, 7) is 7.40. The molecule has 0 saturated heterocycles. The summed E-state index contributed by atoms with van der Waals surface area (Å²) in [5.41, 5.74) is 3.89. The number of hydrogen-bond acceptors (Lipinski definition) is 1. The minimum Gasteiger partial charge on any atom is -0.318 e. The first kappa shape index (κ1) is 11.7. The number of hydrogen-bond donors (Lipinski definition) is 1. The zero-order valence-electron chi connectivity index (χ0n) is 9.92. The predicted octanol–water partition coefficient (Wildman–Crippen LogP) is 3.51. The van der Waals surface area contributed by atoms with E-state index in [1.165, 1.54) is 21.2 Å². The van der Waals surface area contributed by atoms with Crippen molar-refractivity contribution in [1.29, 1.82) is 0 Å². The van der Waals surface area contributed by atoms with Gasteiger partial charge in [-0.2, -0.15) is 0 Å². The first-order valence-corrected chi connectivity index (χ1v) is 6.38. The summed E-state index contributed by atoms with van der Waals surface area (Å²) in [7, 11) is 0. The summed E-state index contributed by atoms with van der Waals surface area (Å²) in [4.78, 5) is 0. The smallest absolute Gasteiger partial charge is 0.0598 e. The highest BCUT2D eigenvalue weighted by Crippen LogP contribution is 2.28. The van der Waals surface area contributed by atoms with Crippen molar-refractivity contribution in [2.24, 2.45) is 0 Å². The standard InChI is InChI=1S/C13H17BrN2/c1-9(2)15-8-12-10(3)13(14)11-6-4-5-7-16(11)12/h4-7,9,15H,8H2,1-3H3. The van der Waals surface area contributed by atoms with E-state index in [-0.39, 0.29) is 0 Å². The minimum atomic E-state index is 0.507. The van der Waals surface area contributed by atoms with Gasteiger partial charge in [-0.3, -0.25) is 0 Å². The molecule has 0 fully saturated rings. The van der Waals surface area contributed by atoms with Crippen LogP contribution in [0.1, 0.15) is 25.1 Å². The van der Waals surface area contributed by atoms with Gasteiger partial charge >= 0.3 is 0 Å². The fraction of sp³-hybridized carbons (Fsp3) is 0.385. The zero-order chi connectivity index (χ0) is 11.7. The third kappa shape index (κ3) is 2.02. The zero-order valence-corrected chi connectivity index (χ0v) is 11.5. The quantitative estimate of drug-likeness (QED) is 0.910. The molecule has 2 aromatic heterocycles. The fourth-order valence-electron chi connectivity index (χ4n) is 1.88. The van der Waals surface area contributed by atoms with Crippen molar-refractivity contribution in [3.05, 3.63) is 40.1 Å². The van der Waals surface area contributed by atoms with Crippen LogP contribution in [0.5, 0.6) is 0 Å². The molecule has 0 saturated carbocycles. The molecule has 0 spiro atoms. The Balaban J connectivity index is 2.47. The Morgan fingerprint density at radius 3 is 2.81 bits per heavy atom. The molecule has 86 valence electrons. The molecular formula is C13H17BrN2. The lowest BCUT2D eigenvalue weighted by molar-refractivity contribution is 0.578. The second-order valence-electron chi connectivity index (χ2n) is 4.38. The Labute approximate surface area is 105 Å². The highest BCUT2D eigenvalue weighted by Gasteiger charge is 2.12. The molecule has 0 atom stereocenters. The lowest BCUT2D eigenvalue weighted by Crippen LogP contribution is -2.23. The second-order valence-corrected chi connectivity index (χ2v) is 5.17. The largest absolute Gasteiger partial charge is 0.318 e. The lowest BCUT2D eigenvalue weighted by Gasteiger charge is -2.09. The third-order valence-electron chi connectivity index (χ3n) is 2.82. The van der Waals surface area contributed by atoms with E-state index in [2.05, 4.69) is 70.8 Å². The molecule has 0 bridgehead atoms. The summed E-state index contributed by atoms with van der Waals surface area (Å²) in [6.07, 6.45) is 2.12. The van der Waals surface area contributed by atoms with Gasteiger partial charge in [-0.15, -0.1) is 0 Å². The molecule has 0 radical (unpaired) electrons. The molecule has 1 N–H and O–H groups in total. The molecular weight excluding hydrogens is 264 g/mol. The van der Waals surface area contributed by atoms with Gasteiger partial charge < -0.3 is 9.72 Å². The highest BCUT2D eigenvalue weighted by atomic mass is 79.9. The van der Waals surface area contributed by atoms with Gasteiger partial charge in [0.05, 0.1) is 5.52 Å². The van der Waals surface area contributed by atoms with Crippen LogP contribution in [0.25, 0.3) is 5.52 Å². The first-order valence-electron chi connectivity index (χ1n) is 5.58. The molecule has 0 aliphatic rings. The van der Waals surface area contributed by atoms with Gasteiger partial charge in [0.25, 0.3) is 0 Å². The van der Waals surface area contributed by atoms with Gasteiger partial charge in [0.1, 0.15) is 0 Å². The molecule has 2 nitrogen and oxygen atoms in total. The first-order chi connectivity index (χ1) is 7.61. The second kappa shape index (κ2) is 4.60. The van der Waals surface area contributed by atoms with E-state index in [1.54, 1.807) is 0 Å². The van der Waals surface area contributed by atoms with E-state index in [9.17, 15) is 0 Å². The third-order valence-corrected chi connectivity index (χ3v) is 3.82. The molecule has 0 aliphatic heterocycles. The van der Waals surface area contributed by atoms with Crippen molar-refractivity contribution < 1.29 is 0 Å². The average molecular weight is 281 g/mol. The Kier molecular flexibility index (Phi) is 3.36. The van der Waals surface area contributed by atoms with Crippen molar-refractivity contribution in [2.75, 3.05) is 0 Å². The maximum Gasteiger partial charge on any atom is 0.0598 e. The van der Waals surface area contributed by atoms with Gasteiger partial charge in [-0.25, -0.2) is 0 Å². The van der Waals surface area contributed by atoms with Crippen molar-refractivity contribution in [3.8, 4) is 0 Å². The molecule has 3 heteroatoms. The fourth-order valence-corrected chi connectivity index (χ4v) is 2.43. The SMILES string of the molecule is Cc1c(Br)c2ccccn2c1CNC(C)C. The van der Waals surface area contributed by atoms with E-state index in [0.29, 0.717) is 6.04 Å². The lowest BCUT2D eigenvalue weighted by atomic mass is 10.2. The van der Waals surface area contributed by atoms with Gasteiger partial charge in [0.15, 0.2) is 0 Å². The highest BCUT2D eigenvalue weighted by molar-refractivity contribution is 9.10. The van der Waals surface area contributed by atoms with Crippen LogP contribution in [-0.2, 0) is 6.54 Å². The van der Waals surface area contributed by atoms with Crippen molar-refractivity contribution in [3.63, 3.8) is 0 Å². The van der Waals surface area contributed by atoms with Crippen molar-refractivity contribution in [1.82, 2.24) is 9.72 Å². The molecule has 0 unspecified atom stereocenters. The molecule has 0 amide bonds. The summed E-state index contributed by atoms with van der Waals surface area (Å²) < 4.78 is 3.45. The van der Waals surface area contributed by atoms with E-state index < -0.39 is 0 Å². The summed E-state index contributed by atoms with van der Waals surface area (Å²) in [6, 6.07) is 6.78. The van der Waals surface area contributed by atoms with E-state index >= 15 is 0 Å². The van der Waals surface area contributed by atoms with E-state index in [4.69, 9.17) is 0 Å². The number of rotatable bonds is 3. The minimum absolute atomic E-state index is 0.507. The van der Waals surface area contributed by atoms with Gasteiger partial charge in [0.2, 0.25) is 0 Å². The maximum atomic E-state index is 3.66. The van der Waals surface area contributed by atoms with Gasteiger partial charge in [0, 0.05) is 29.0 Å².